The van der Waals surface area contributed by atoms with Crippen molar-refractivity contribution in [1.29, 1.82) is 0 Å². The lowest BCUT2D eigenvalue weighted by atomic mass is 9.88. The summed E-state index contributed by atoms with van der Waals surface area (Å²) in [6.45, 7) is 0. The number of hydrogen-bond donors (Lipinski definition) is 0. The summed E-state index contributed by atoms with van der Waals surface area (Å²) in [5.41, 5.74) is 10.4. The first-order valence-corrected chi connectivity index (χ1v) is 6.82. The second-order valence-corrected chi connectivity index (χ2v) is 4.91. The quantitative estimate of drug-likeness (QED) is 0.374. The monoisotopic (exact) mass is 294 g/mol. The minimum atomic E-state index is -0.710. The number of rotatable bonds is 4. The Kier molecular flexibility index (Phi) is 3.68. The molecule has 0 radical (unpaired) electrons. The van der Waals surface area contributed by atoms with Gasteiger partial charge in [0.05, 0.1) is 13.2 Å². The van der Waals surface area contributed by atoms with Crippen LogP contribution in [0.25, 0.3) is 10.4 Å². The summed E-state index contributed by atoms with van der Waals surface area (Å²) in [5, 5.41) is 3.65. The largest absolute Gasteiger partial charge is 0.497 e. The van der Waals surface area contributed by atoms with Crippen LogP contribution in [0.5, 0.6) is 5.75 Å². The maximum absolute atomic E-state index is 12.3. The number of carbonyl (C=O) groups excluding carboxylic acids is 1. The SMILES string of the molecule is COc1ccc([C@@H]2[C@H](N=[N+]=[N-])C(=O)N2c2ccccc2)cc1. The van der Waals surface area contributed by atoms with Crippen LogP contribution >= 0.6 is 0 Å². The molecule has 2 aromatic carbocycles. The van der Waals surface area contributed by atoms with Crippen molar-refractivity contribution in [3.63, 3.8) is 0 Å². The molecule has 1 heterocycles. The third-order valence-electron chi connectivity index (χ3n) is 3.74. The van der Waals surface area contributed by atoms with E-state index >= 15 is 0 Å². The highest BCUT2D eigenvalue weighted by atomic mass is 16.5. The van der Waals surface area contributed by atoms with Crippen LogP contribution in [0.15, 0.2) is 59.7 Å². The van der Waals surface area contributed by atoms with Crippen LogP contribution < -0.4 is 9.64 Å². The van der Waals surface area contributed by atoms with Gasteiger partial charge in [-0.1, -0.05) is 35.4 Å². The van der Waals surface area contributed by atoms with Gasteiger partial charge in [-0.25, -0.2) is 0 Å². The molecule has 0 N–H and O–H groups in total. The Labute approximate surface area is 127 Å². The first-order chi connectivity index (χ1) is 10.8. The van der Waals surface area contributed by atoms with E-state index in [1.165, 1.54) is 0 Å². The molecule has 2 aromatic rings. The van der Waals surface area contributed by atoms with Gasteiger partial charge in [0.1, 0.15) is 11.8 Å². The highest BCUT2D eigenvalue weighted by Gasteiger charge is 2.48. The second-order valence-electron chi connectivity index (χ2n) is 4.91. The van der Waals surface area contributed by atoms with Crippen molar-refractivity contribution in [1.82, 2.24) is 0 Å². The van der Waals surface area contributed by atoms with Crippen molar-refractivity contribution >= 4 is 11.6 Å². The number of benzene rings is 2. The summed E-state index contributed by atoms with van der Waals surface area (Å²) in [7, 11) is 1.60. The van der Waals surface area contributed by atoms with Crippen LogP contribution in [0, 0.1) is 0 Å². The van der Waals surface area contributed by atoms with Crippen molar-refractivity contribution in [2.24, 2.45) is 5.11 Å². The number of hydrogen-bond acceptors (Lipinski definition) is 3. The molecule has 2 atom stereocenters. The highest BCUT2D eigenvalue weighted by molar-refractivity contribution is 6.05. The van der Waals surface area contributed by atoms with Crippen molar-refractivity contribution in [2.45, 2.75) is 12.1 Å². The van der Waals surface area contributed by atoms with E-state index in [9.17, 15) is 4.79 Å². The molecule has 110 valence electrons. The molecule has 0 aromatic heterocycles. The molecule has 6 nitrogen and oxygen atoms in total. The fraction of sp³-hybridized carbons (Fsp3) is 0.188. The Morgan fingerprint density at radius 1 is 1.14 bits per heavy atom. The van der Waals surface area contributed by atoms with Crippen LogP contribution in [-0.2, 0) is 4.79 Å². The molecule has 1 aliphatic heterocycles. The molecule has 1 amide bonds. The number of carbonyl (C=O) groups is 1. The highest BCUT2D eigenvalue weighted by Crippen LogP contribution is 2.41. The third-order valence-corrected chi connectivity index (χ3v) is 3.74. The number of amides is 1. The summed E-state index contributed by atoms with van der Waals surface area (Å²) in [6, 6.07) is 15.8. The van der Waals surface area contributed by atoms with Crippen molar-refractivity contribution < 1.29 is 9.53 Å². The number of ether oxygens (including phenoxy) is 1. The molecule has 1 saturated heterocycles. The van der Waals surface area contributed by atoms with Crippen molar-refractivity contribution in [3.8, 4) is 5.75 Å². The Bertz CT molecular complexity index is 724. The van der Waals surface area contributed by atoms with Crippen LogP contribution in [0.2, 0.25) is 0 Å². The van der Waals surface area contributed by atoms with E-state index in [0.29, 0.717) is 0 Å². The summed E-state index contributed by atoms with van der Waals surface area (Å²) >= 11 is 0. The van der Waals surface area contributed by atoms with Crippen LogP contribution in [0.3, 0.4) is 0 Å². The summed E-state index contributed by atoms with van der Waals surface area (Å²) < 4.78 is 5.15. The summed E-state index contributed by atoms with van der Waals surface area (Å²) in [6.07, 6.45) is 0. The fourth-order valence-corrected chi connectivity index (χ4v) is 2.65. The number of para-hydroxylation sites is 1. The molecule has 3 rings (SSSR count). The fourth-order valence-electron chi connectivity index (χ4n) is 2.65. The molecule has 22 heavy (non-hydrogen) atoms. The number of β-lactam (4-membered cyclic amide) rings is 1. The number of azide groups is 1. The van der Waals surface area contributed by atoms with Gasteiger partial charge in [0, 0.05) is 10.6 Å². The molecular weight excluding hydrogens is 280 g/mol. The van der Waals surface area contributed by atoms with E-state index in [-0.39, 0.29) is 11.9 Å². The van der Waals surface area contributed by atoms with E-state index in [1.807, 2.05) is 54.6 Å². The van der Waals surface area contributed by atoms with Gasteiger partial charge in [0.25, 0.3) is 0 Å². The normalized spacial score (nSPS) is 20.0. The van der Waals surface area contributed by atoms with Gasteiger partial charge in [-0.05, 0) is 35.4 Å². The van der Waals surface area contributed by atoms with E-state index in [4.69, 9.17) is 10.3 Å². The van der Waals surface area contributed by atoms with E-state index in [2.05, 4.69) is 10.0 Å². The topological polar surface area (TPSA) is 78.3 Å². The predicted octanol–water partition coefficient (Wildman–Crippen LogP) is 3.46. The Morgan fingerprint density at radius 3 is 2.41 bits per heavy atom. The average Bonchev–Trinajstić information content (AvgIpc) is 2.58. The van der Waals surface area contributed by atoms with Gasteiger partial charge in [-0.3, -0.25) is 4.79 Å². The molecule has 0 saturated carbocycles. The summed E-state index contributed by atoms with van der Waals surface area (Å²) in [4.78, 5) is 16.7. The van der Waals surface area contributed by atoms with Gasteiger partial charge in [0.2, 0.25) is 5.91 Å². The van der Waals surface area contributed by atoms with Gasteiger partial charge >= 0.3 is 0 Å². The number of anilines is 1. The lowest BCUT2D eigenvalue weighted by Gasteiger charge is -2.45. The standard InChI is InChI=1S/C16H14N4O2/c1-22-13-9-7-11(8-10-13)15-14(18-19-17)16(21)20(15)12-5-3-2-4-6-12/h2-10,14-15H,1H3/t14-,15+/m0/s1. The number of methoxy groups -OCH3 is 1. The first kappa shape index (κ1) is 14.0. The minimum Gasteiger partial charge on any atom is -0.497 e. The molecule has 0 aliphatic carbocycles. The van der Waals surface area contributed by atoms with Gasteiger partial charge in [-0.15, -0.1) is 0 Å². The first-order valence-electron chi connectivity index (χ1n) is 6.82. The molecule has 0 unspecified atom stereocenters. The lowest BCUT2D eigenvalue weighted by molar-refractivity contribution is -0.126. The van der Waals surface area contributed by atoms with Gasteiger partial charge < -0.3 is 9.64 Å². The molecule has 1 aliphatic rings. The molecule has 0 spiro atoms. The zero-order chi connectivity index (χ0) is 15.5. The Morgan fingerprint density at radius 2 is 1.82 bits per heavy atom. The van der Waals surface area contributed by atoms with E-state index < -0.39 is 6.04 Å². The molecule has 6 heteroatoms. The van der Waals surface area contributed by atoms with Gasteiger partial charge in [-0.2, -0.15) is 0 Å². The zero-order valence-corrected chi connectivity index (χ0v) is 12.0. The predicted molar refractivity (Wildman–Crippen MR) is 82.6 cm³/mol. The third kappa shape index (κ3) is 2.25. The Hall–Kier alpha value is -2.98. The lowest BCUT2D eigenvalue weighted by Crippen LogP contribution is -2.58. The second kappa shape index (κ2) is 5.79. The molecule has 1 fully saturated rings. The Balaban J connectivity index is 1.98. The molecular formula is C16H14N4O2. The summed E-state index contributed by atoms with van der Waals surface area (Å²) in [5.74, 6) is 0.547. The van der Waals surface area contributed by atoms with E-state index in [1.54, 1.807) is 12.0 Å². The van der Waals surface area contributed by atoms with Crippen LogP contribution in [0.1, 0.15) is 11.6 Å². The minimum absolute atomic E-state index is 0.190. The van der Waals surface area contributed by atoms with Gasteiger partial charge in [0.15, 0.2) is 0 Å². The molecule has 0 bridgehead atoms. The maximum Gasteiger partial charge on any atom is 0.239 e. The average molecular weight is 294 g/mol. The van der Waals surface area contributed by atoms with Crippen molar-refractivity contribution in [3.05, 3.63) is 70.6 Å². The van der Waals surface area contributed by atoms with Crippen LogP contribution in [0.4, 0.5) is 5.69 Å². The number of nitrogens with zero attached hydrogens (tertiary/aromatic N) is 4. The smallest absolute Gasteiger partial charge is 0.239 e. The van der Waals surface area contributed by atoms with E-state index in [0.717, 1.165) is 17.0 Å². The van der Waals surface area contributed by atoms with Crippen LogP contribution in [-0.4, -0.2) is 19.1 Å². The van der Waals surface area contributed by atoms with Crippen molar-refractivity contribution in [2.75, 3.05) is 12.0 Å². The zero-order valence-electron chi connectivity index (χ0n) is 12.0. The maximum atomic E-state index is 12.3.